The van der Waals surface area contributed by atoms with Crippen molar-refractivity contribution < 1.29 is 4.21 Å². The van der Waals surface area contributed by atoms with E-state index in [1.54, 1.807) is 0 Å². The molecule has 1 aliphatic carbocycles. The largest absolute Gasteiger partial charge is 0.315 e. The van der Waals surface area contributed by atoms with Gasteiger partial charge in [-0.1, -0.05) is 31.2 Å². The summed E-state index contributed by atoms with van der Waals surface area (Å²) in [5.41, 5.74) is 2.98. The van der Waals surface area contributed by atoms with Crippen molar-refractivity contribution in [3.8, 4) is 0 Å². The first kappa shape index (κ1) is 11.8. The van der Waals surface area contributed by atoms with E-state index in [0.29, 0.717) is 5.92 Å². The molecule has 2 nitrogen and oxygen atoms in total. The van der Waals surface area contributed by atoms with Crippen LogP contribution in [0.3, 0.4) is 0 Å². The molecule has 1 aliphatic rings. The van der Waals surface area contributed by atoms with Crippen LogP contribution in [0.25, 0.3) is 0 Å². The van der Waals surface area contributed by atoms with Gasteiger partial charge in [0.25, 0.3) is 0 Å². The Hall–Kier alpha value is -0.670. The van der Waals surface area contributed by atoms with Crippen molar-refractivity contribution in [2.24, 2.45) is 0 Å². The van der Waals surface area contributed by atoms with E-state index in [4.69, 9.17) is 0 Å². The highest BCUT2D eigenvalue weighted by Crippen LogP contribution is 2.33. The maximum absolute atomic E-state index is 11.2. The summed E-state index contributed by atoms with van der Waals surface area (Å²) in [4.78, 5) is 0. The fourth-order valence-corrected chi connectivity index (χ4v) is 2.81. The molecule has 1 N–H and O–H groups in total. The van der Waals surface area contributed by atoms with Gasteiger partial charge in [-0.25, -0.2) is 0 Å². The summed E-state index contributed by atoms with van der Waals surface area (Å²) in [6, 6.07) is 8.64. The highest BCUT2D eigenvalue weighted by atomic mass is 32.2. The van der Waals surface area contributed by atoms with Gasteiger partial charge >= 0.3 is 0 Å². The molecule has 0 heterocycles. The lowest BCUT2D eigenvalue weighted by Crippen LogP contribution is -2.31. The van der Waals surface area contributed by atoms with E-state index in [9.17, 15) is 4.21 Å². The third kappa shape index (κ3) is 2.71. The Morgan fingerprint density at radius 3 is 3.00 bits per heavy atom. The maximum atomic E-state index is 11.2. The van der Waals surface area contributed by atoms with Crippen LogP contribution in [0.4, 0.5) is 0 Å². The quantitative estimate of drug-likeness (QED) is 0.763. The van der Waals surface area contributed by atoms with E-state index < -0.39 is 10.8 Å². The summed E-state index contributed by atoms with van der Waals surface area (Å²) in [7, 11) is -0.633. The molecule has 0 aliphatic heterocycles. The van der Waals surface area contributed by atoms with Crippen LogP contribution < -0.4 is 5.32 Å². The van der Waals surface area contributed by atoms with Gasteiger partial charge in [0.1, 0.15) is 0 Å². The van der Waals surface area contributed by atoms with Gasteiger partial charge in [-0.05, 0) is 17.5 Å². The minimum absolute atomic E-state index is 0.633. The third-order valence-corrected chi connectivity index (χ3v) is 4.48. The van der Waals surface area contributed by atoms with Gasteiger partial charge in [0.05, 0.1) is 0 Å². The van der Waals surface area contributed by atoms with Crippen LogP contribution in [0.1, 0.15) is 24.0 Å². The first-order valence-corrected chi connectivity index (χ1v) is 7.43. The zero-order valence-electron chi connectivity index (χ0n) is 9.74. The predicted octanol–water partition coefficient (Wildman–Crippen LogP) is 1.68. The van der Waals surface area contributed by atoms with Crippen LogP contribution in [0.5, 0.6) is 0 Å². The first-order chi connectivity index (χ1) is 7.81. The highest BCUT2D eigenvalue weighted by Gasteiger charge is 2.24. The van der Waals surface area contributed by atoms with Crippen LogP contribution >= 0.6 is 0 Å². The van der Waals surface area contributed by atoms with Crippen LogP contribution in [-0.4, -0.2) is 28.8 Å². The van der Waals surface area contributed by atoms with Crippen molar-refractivity contribution in [2.45, 2.75) is 19.3 Å². The zero-order valence-corrected chi connectivity index (χ0v) is 10.6. The Balaban J connectivity index is 1.68. The molecule has 2 unspecified atom stereocenters. The molecule has 0 bridgehead atoms. The molecule has 0 saturated heterocycles. The molecule has 0 radical (unpaired) electrons. The maximum Gasteiger partial charge on any atom is 0.0359 e. The molecule has 0 amide bonds. The third-order valence-electron chi connectivity index (χ3n) is 3.18. The summed E-state index contributed by atoms with van der Waals surface area (Å²) in [5.74, 6) is 2.23. The van der Waals surface area contributed by atoms with Crippen molar-refractivity contribution in [1.29, 1.82) is 0 Å². The van der Waals surface area contributed by atoms with Crippen molar-refractivity contribution in [2.75, 3.05) is 24.6 Å². The van der Waals surface area contributed by atoms with E-state index in [0.717, 1.165) is 24.6 Å². The van der Waals surface area contributed by atoms with Crippen LogP contribution in [0, 0.1) is 0 Å². The highest BCUT2D eigenvalue weighted by molar-refractivity contribution is 7.84. The number of nitrogens with one attached hydrogen (secondary N) is 1. The molecule has 1 aromatic rings. The van der Waals surface area contributed by atoms with Gasteiger partial charge < -0.3 is 5.32 Å². The van der Waals surface area contributed by atoms with E-state index in [1.807, 2.05) is 6.92 Å². The van der Waals surface area contributed by atoms with Crippen LogP contribution in [0.15, 0.2) is 24.3 Å². The number of hydrogen-bond acceptors (Lipinski definition) is 2. The van der Waals surface area contributed by atoms with E-state index in [-0.39, 0.29) is 0 Å². The van der Waals surface area contributed by atoms with Crippen LogP contribution in [-0.2, 0) is 17.2 Å². The van der Waals surface area contributed by atoms with Gasteiger partial charge in [-0.15, -0.1) is 0 Å². The Kier molecular flexibility index (Phi) is 4.13. The SMILES string of the molecule is CCS(=O)CCNCC1Cc2ccccc21. The van der Waals surface area contributed by atoms with Crippen molar-refractivity contribution in [1.82, 2.24) is 5.32 Å². The van der Waals surface area contributed by atoms with Crippen molar-refractivity contribution in [3.05, 3.63) is 35.4 Å². The Morgan fingerprint density at radius 2 is 2.25 bits per heavy atom. The molecular formula is C13H19NOS. The van der Waals surface area contributed by atoms with Gasteiger partial charge in [-0.2, -0.15) is 0 Å². The number of fused-ring (bicyclic) bond motifs is 1. The number of benzene rings is 1. The van der Waals surface area contributed by atoms with E-state index in [1.165, 1.54) is 17.5 Å². The number of rotatable bonds is 6. The second kappa shape index (κ2) is 5.60. The Morgan fingerprint density at radius 1 is 1.44 bits per heavy atom. The lowest BCUT2D eigenvalue weighted by molar-refractivity contribution is 0.547. The molecule has 0 aromatic heterocycles. The van der Waals surface area contributed by atoms with Gasteiger partial charge in [-0.3, -0.25) is 4.21 Å². The summed E-state index contributed by atoms with van der Waals surface area (Å²) >= 11 is 0. The lowest BCUT2D eigenvalue weighted by Gasteiger charge is -2.30. The molecule has 0 fully saturated rings. The fraction of sp³-hybridized carbons (Fsp3) is 0.538. The molecule has 88 valence electrons. The monoisotopic (exact) mass is 237 g/mol. The molecule has 2 atom stereocenters. The van der Waals surface area contributed by atoms with Crippen LogP contribution in [0.2, 0.25) is 0 Å². The van der Waals surface area contributed by atoms with Gasteiger partial charge in [0, 0.05) is 41.3 Å². The zero-order chi connectivity index (χ0) is 11.4. The standard InChI is InChI=1S/C13H19NOS/c1-2-16(15)8-7-14-10-12-9-11-5-3-4-6-13(11)12/h3-6,12,14H,2,7-10H2,1H3. The van der Waals surface area contributed by atoms with Gasteiger partial charge in [0.2, 0.25) is 0 Å². The molecule has 3 heteroatoms. The normalized spacial score (nSPS) is 19.9. The molecule has 0 saturated carbocycles. The second-order valence-electron chi connectivity index (χ2n) is 4.24. The molecule has 1 aromatic carbocycles. The average molecular weight is 237 g/mol. The van der Waals surface area contributed by atoms with Gasteiger partial charge in [0.15, 0.2) is 0 Å². The summed E-state index contributed by atoms with van der Waals surface area (Å²) in [6.45, 7) is 3.87. The summed E-state index contributed by atoms with van der Waals surface area (Å²) < 4.78 is 11.2. The molecular weight excluding hydrogens is 218 g/mol. The predicted molar refractivity (Wildman–Crippen MR) is 69.3 cm³/mol. The summed E-state index contributed by atoms with van der Waals surface area (Å²) in [6.07, 6.45) is 1.19. The molecule has 16 heavy (non-hydrogen) atoms. The molecule has 2 rings (SSSR count). The second-order valence-corrected chi connectivity index (χ2v) is 6.10. The van der Waals surface area contributed by atoms with Crippen molar-refractivity contribution >= 4 is 10.8 Å². The summed E-state index contributed by atoms with van der Waals surface area (Å²) in [5, 5.41) is 3.40. The minimum atomic E-state index is -0.633. The molecule has 0 spiro atoms. The lowest BCUT2D eigenvalue weighted by atomic mass is 9.78. The average Bonchev–Trinajstić information content (AvgIpc) is 2.29. The van der Waals surface area contributed by atoms with E-state index >= 15 is 0 Å². The number of hydrogen-bond donors (Lipinski definition) is 1. The Bertz CT molecular complexity index is 378. The topological polar surface area (TPSA) is 29.1 Å². The minimum Gasteiger partial charge on any atom is -0.315 e. The van der Waals surface area contributed by atoms with Crippen molar-refractivity contribution in [3.63, 3.8) is 0 Å². The fourth-order valence-electron chi connectivity index (χ4n) is 2.15. The van der Waals surface area contributed by atoms with E-state index in [2.05, 4.69) is 29.6 Å². The first-order valence-electron chi connectivity index (χ1n) is 5.94. The Labute approximate surface area is 99.9 Å². The smallest absolute Gasteiger partial charge is 0.0359 e.